The van der Waals surface area contributed by atoms with Crippen LogP contribution in [0.15, 0.2) is 0 Å². The van der Waals surface area contributed by atoms with Gasteiger partial charge in [0.05, 0.1) is 6.61 Å². The Labute approximate surface area is 111 Å². The van der Waals surface area contributed by atoms with Crippen LogP contribution in [0.5, 0.6) is 0 Å². The normalized spacial score (nSPS) is 27.0. The fourth-order valence-electron chi connectivity index (χ4n) is 2.76. The predicted octanol–water partition coefficient (Wildman–Crippen LogP) is 3.03. The summed E-state index contributed by atoms with van der Waals surface area (Å²) in [7, 11) is 0. The van der Waals surface area contributed by atoms with Crippen molar-refractivity contribution >= 4 is 0 Å². The average molecular weight is 256 g/mol. The molecule has 0 saturated carbocycles. The zero-order chi connectivity index (χ0) is 12.9. The summed E-state index contributed by atoms with van der Waals surface area (Å²) in [6, 6.07) is 0. The molecule has 2 saturated heterocycles. The highest BCUT2D eigenvalue weighted by molar-refractivity contribution is 4.79. The van der Waals surface area contributed by atoms with Crippen molar-refractivity contribution < 1.29 is 14.2 Å². The van der Waals surface area contributed by atoms with Crippen LogP contribution in [-0.4, -0.2) is 39.6 Å². The number of hydrogen-bond donors (Lipinski definition) is 0. The van der Waals surface area contributed by atoms with E-state index in [1.54, 1.807) is 0 Å². The molecule has 0 aromatic heterocycles. The molecule has 0 aromatic rings. The quantitative estimate of drug-likeness (QED) is 0.708. The summed E-state index contributed by atoms with van der Waals surface area (Å²) in [4.78, 5) is 0. The van der Waals surface area contributed by atoms with Crippen LogP contribution in [0, 0.1) is 10.8 Å². The summed E-state index contributed by atoms with van der Waals surface area (Å²) in [6.45, 7) is 10.1. The van der Waals surface area contributed by atoms with Crippen molar-refractivity contribution in [2.24, 2.45) is 10.8 Å². The van der Waals surface area contributed by atoms with Crippen molar-refractivity contribution in [3.63, 3.8) is 0 Å². The van der Waals surface area contributed by atoms with Gasteiger partial charge in [0.2, 0.25) is 0 Å². The van der Waals surface area contributed by atoms with Gasteiger partial charge in [-0.3, -0.25) is 0 Å². The fourth-order valence-corrected chi connectivity index (χ4v) is 2.76. The van der Waals surface area contributed by atoms with E-state index in [1.165, 1.54) is 19.3 Å². The SMILES string of the molecule is CC1(CCOCC2(C)CCOCC2)CCOCC1. The predicted molar refractivity (Wildman–Crippen MR) is 71.8 cm³/mol. The molecule has 0 atom stereocenters. The van der Waals surface area contributed by atoms with Crippen LogP contribution < -0.4 is 0 Å². The summed E-state index contributed by atoms with van der Waals surface area (Å²) in [5.41, 5.74) is 0.781. The Kier molecular flexibility index (Phi) is 5.05. The van der Waals surface area contributed by atoms with Crippen LogP contribution in [0.3, 0.4) is 0 Å². The highest BCUT2D eigenvalue weighted by Gasteiger charge is 2.29. The van der Waals surface area contributed by atoms with Crippen molar-refractivity contribution in [2.75, 3.05) is 39.6 Å². The van der Waals surface area contributed by atoms with Gasteiger partial charge in [-0.1, -0.05) is 13.8 Å². The van der Waals surface area contributed by atoms with Crippen LogP contribution in [0.2, 0.25) is 0 Å². The molecule has 0 unspecified atom stereocenters. The summed E-state index contributed by atoms with van der Waals surface area (Å²) in [5.74, 6) is 0. The van der Waals surface area contributed by atoms with Crippen LogP contribution >= 0.6 is 0 Å². The zero-order valence-electron chi connectivity index (χ0n) is 12.0. The third-order valence-electron chi connectivity index (χ3n) is 4.70. The van der Waals surface area contributed by atoms with E-state index in [-0.39, 0.29) is 0 Å². The Morgan fingerprint density at radius 1 is 0.833 bits per heavy atom. The molecule has 3 nitrogen and oxygen atoms in total. The molecule has 0 spiro atoms. The van der Waals surface area contributed by atoms with Crippen LogP contribution in [0.25, 0.3) is 0 Å². The molecular weight excluding hydrogens is 228 g/mol. The minimum absolute atomic E-state index is 0.342. The second-order valence-corrected chi connectivity index (χ2v) is 6.65. The molecule has 2 aliphatic rings. The van der Waals surface area contributed by atoms with Gasteiger partial charge in [0.1, 0.15) is 0 Å². The Morgan fingerprint density at radius 3 is 1.89 bits per heavy atom. The van der Waals surface area contributed by atoms with Gasteiger partial charge in [-0.2, -0.15) is 0 Å². The first-order chi connectivity index (χ1) is 8.62. The van der Waals surface area contributed by atoms with Crippen molar-refractivity contribution in [1.82, 2.24) is 0 Å². The molecule has 2 fully saturated rings. The number of hydrogen-bond acceptors (Lipinski definition) is 3. The molecule has 0 bridgehead atoms. The van der Waals surface area contributed by atoms with E-state index in [4.69, 9.17) is 14.2 Å². The van der Waals surface area contributed by atoms with Crippen molar-refractivity contribution in [3.05, 3.63) is 0 Å². The molecule has 106 valence electrons. The van der Waals surface area contributed by atoms with Gasteiger partial charge < -0.3 is 14.2 Å². The Hall–Kier alpha value is -0.120. The van der Waals surface area contributed by atoms with Gasteiger partial charge in [0, 0.05) is 33.0 Å². The number of rotatable bonds is 5. The highest BCUT2D eigenvalue weighted by Crippen LogP contribution is 2.34. The zero-order valence-corrected chi connectivity index (χ0v) is 12.0. The Morgan fingerprint density at radius 2 is 1.33 bits per heavy atom. The monoisotopic (exact) mass is 256 g/mol. The maximum Gasteiger partial charge on any atom is 0.0521 e. The molecule has 0 radical (unpaired) electrons. The van der Waals surface area contributed by atoms with Gasteiger partial charge in [0.15, 0.2) is 0 Å². The number of ether oxygens (including phenoxy) is 3. The van der Waals surface area contributed by atoms with Crippen LogP contribution in [-0.2, 0) is 14.2 Å². The average Bonchev–Trinajstić information content (AvgIpc) is 2.37. The third-order valence-corrected chi connectivity index (χ3v) is 4.70. The minimum Gasteiger partial charge on any atom is -0.381 e. The largest absolute Gasteiger partial charge is 0.381 e. The lowest BCUT2D eigenvalue weighted by atomic mass is 9.79. The molecule has 0 aliphatic carbocycles. The molecule has 0 amide bonds. The maximum atomic E-state index is 5.95. The highest BCUT2D eigenvalue weighted by atomic mass is 16.5. The topological polar surface area (TPSA) is 27.7 Å². The van der Waals surface area contributed by atoms with Crippen LogP contribution in [0.1, 0.15) is 46.0 Å². The molecule has 3 heteroatoms. The standard InChI is InChI=1S/C15H28O3/c1-14(3-8-16-9-4-14)5-12-18-13-15(2)6-10-17-11-7-15/h3-13H2,1-2H3. The van der Waals surface area contributed by atoms with E-state index in [0.717, 1.165) is 52.5 Å². The summed E-state index contributed by atoms with van der Waals surface area (Å²) in [5, 5.41) is 0. The van der Waals surface area contributed by atoms with Crippen molar-refractivity contribution in [3.8, 4) is 0 Å². The minimum atomic E-state index is 0.342. The first-order valence-corrected chi connectivity index (χ1v) is 7.35. The Balaban J connectivity index is 1.63. The maximum absolute atomic E-state index is 5.95. The van der Waals surface area contributed by atoms with E-state index in [0.29, 0.717) is 10.8 Å². The fraction of sp³-hybridized carbons (Fsp3) is 1.00. The van der Waals surface area contributed by atoms with Crippen molar-refractivity contribution in [2.45, 2.75) is 46.0 Å². The molecule has 0 aromatic carbocycles. The lowest BCUT2D eigenvalue weighted by Gasteiger charge is -2.35. The second kappa shape index (κ2) is 6.36. The summed E-state index contributed by atoms with van der Waals surface area (Å²) >= 11 is 0. The molecular formula is C15H28O3. The van der Waals surface area contributed by atoms with E-state index in [1.807, 2.05) is 0 Å². The molecule has 2 aliphatic heterocycles. The second-order valence-electron chi connectivity index (χ2n) is 6.65. The van der Waals surface area contributed by atoms with E-state index < -0.39 is 0 Å². The Bertz CT molecular complexity index is 214. The lowest BCUT2D eigenvalue weighted by Crippen LogP contribution is -2.32. The van der Waals surface area contributed by atoms with Gasteiger partial charge in [-0.05, 0) is 42.9 Å². The first-order valence-electron chi connectivity index (χ1n) is 7.35. The smallest absolute Gasteiger partial charge is 0.0521 e. The van der Waals surface area contributed by atoms with Gasteiger partial charge in [-0.15, -0.1) is 0 Å². The third kappa shape index (κ3) is 4.22. The summed E-state index contributed by atoms with van der Waals surface area (Å²) in [6.07, 6.45) is 5.81. The van der Waals surface area contributed by atoms with Crippen molar-refractivity contribution in [1.29, 1.82) is 0 Å². The summed E-state index contributed by atoms with van der Waals surface area (Å²) < 4.78 is 16.8. The molecule has 0 N–H and O–H groups in total. The molecule has 2 rings (SSSR count). The molecule has 18 heavy (non-hydrogen) atoms. The van der Waals surface area contributed by atoms with Crippen LogP contribution in [0.4, 0.5) is 0 Å². The van der Waals surface area contributed by atoms with Gasteiger partial charge >= 0.3 is 0 Å². The van der Waals surface area contributed by atoms with E-state index >= 15 is 0 Å². The molecule has 2 heterocycles. The lowest BCUT2D eigenvalue weighted by molar-refractivity contribution is -0.0431. The first kappa shape index (κ1) is 14.3. The van der Waals surface area contributed by atoms with Gasteiger partial charge in [0.25, 0.3) is 0 Å². The van der Waals surface area contributed by atoms with Gasteiger partial charge in [-0.25, -0.2) is 0 Å². The van der Waals surface area contributed by atoms with E-state index in [2.05, 4.69) is 13.8 Å². The van der Waals surface area contributed by atoms with E-state index in [9.17, 15) is 0 Å².